The number of nitrogens with zero attached hydrogens (tertiary/aromatic N) is 1. The van der Waals surface area contributed by atoms with Crippen LogP contribution in [0.2, 0.25) is 0 Å². The van der Waals surface area contributed by atoms with E-state index in [-0.39, 0.29) is 5.41 Å². The van der Waals surface area contributed by atoms with Crippen LogP contribution in [0.5, 0.6) is 0 Å². The van der Waals surface area contributed by atoms with E-state index in [4.69, 9.17) is 0 Å². The molecule has 0 amide bonds. The van der Waals surface area contributed by atoms with Crippen molar-refractivity contribution in [1.82, 2.24) is 4.57 Å². The van der Waals surface area contributed by atoms with E-state index in [1.54, 1.807) is 0 Å². The average molecular weight is 368 g/mol. The molecule has 0 spiro atoms. The van der Waals surface area contributed by atoms with Gasteiger partial charge in [-0.1, -0.05) is 81.5 Å². The molecule has 0 N–H and O–H groups in total. The maximum absolute atomic E-state index is 2.36. The summed E-state index contributed by atoms with van der Waals surface area (Å²) < 4.78 is 2.27. The molecule has 0 bridgehead atoms. The molecule has 0 aliphatic heterocycles. The van der Waals surface area contributed by atoms with Gasteiger partial charge in [0, 0.05) is 28.9 Å². The van der Waals surface area contributed by atoms with Gasteiger partial charge < -0.3 is 4.57 Å². The molecule has 4 rings (SSSR count). The molecule has 0 saturated carbocycles. The van der Waals surface area contributed by atoms with Gasteiger partial charge in [0.1, 0.15) is 0 Å². The Labute approximate surface area is 168 Å². The van der Waals surface area contributed by atoms with Crippen molar-refractivity contribution in [2.45, 2.75) is 39.0 Å². The summed E-state index contributed by atoms with van der Waals surface area (Å²) >= 11 is 0. The highest BCUT2D eigenvalue weighted by Crippen LogP contribution is 2.31. The van der Waals surface area contributed by atoms with Gasteiger partial charge in [-0.25, -0.2) is 0 Å². The van der Waals surface area contributed by atoms with Crippen LogP contribution in [0.15, 0.2) is 66.7 Å². The van der Waals surface area contributed by atoms with E-state index >= 15 is 0 Å². The quantitative estimate of drug-likeness (QED) is 0.320. The highest BCUT2D eigenvalue weighted by atomic mass is 14.9. The molecule has 0 saturated heterocycles. The highest BCUT2D eigenvalue weighted by molar-refractivity contribution is 6.08. The summed E-state index contributed by atoms with van der Waals surface area (Å²) in [5.74, 6) is 0. The zero-order valence-electron chi connectivity index (χ0n) is 17.4. The second kappa shape index (κ2) is 7.31. The van der Waals surface area contributed by atoms with E-state index in [0.29, 0.717) is 0 Å². The number of hydrogen-bond acceptors (Lipinski definition) is 0. The summed E-state index contributed by atoms with van der Waals surface area (Å²) in [6.45, 7) is 6.92. The third-order valence-electron chi connectivity index (χ3n) is 6.57. The summed E-state index contributed by atoms with van der Waals surface area (Å²) in [7, 11) is 2.14. The Kier molecular flexibility index (Phi) is 4.85. The SMILES string of the molecule is CCC(C)(CC)c1ccc(C=Cc2ccc3c(c2)c2ccccc2n3C)cc1. The van der Waals surface area contributed by atoms with Gasteiger partial charge in [0.25, 0.3) is 0 Å². The lowest BCUT2D eigenvalue weighted by Crippen LogP contribution is -2.19. The molecule has 3 aromatic carbocycles. The van der Waals surface area contributed by atoms with Gasteiger partial charge in [-0.15, -0.1) is 0 Å². The first-order valence-corrected chi connectivity index (χ1v) is 10.3. The lowest BCUT2D eigenvalue weighted by atomic mass is 9.78. The lowest BCUT2D eigenvalue weighted by Gasteiger charge is -2.27. The maximum Gasteiger partial charge on any atom is 0.0489 e. The molecule has 0 unspecified atom stereocenters. The van der Waals surface area contributed by atoms with Crippen molar-refractivity contribution in [3.63, 3.8) is 0 Å². The van der Waals surface area contributed by atoms with Crippen molar-refractivity contribution in [3.8, 4) is 0 Å². The van der Waals surface area contributed by atoms with Crippen LogP contribution in [-0.2, 0) is 12.5 Å². The van der Waals surface area contributed by atoms with Gasteiger partial charge in [-0.05, 0) is 53.1 Å². The summed E-state index contributed by atoms with van der Waals surface area (Å²) in [6, 6.07) is 24.4. The second-order valence-electron chi connectivity index (χ2n) is 8.08. The first-order chi connectivity index (χ1) is 13.6. The van der Waals surface area contributed by atoms with Crippen LogP contribution < -0.4 is 0 Å². The normalized spacial score (nSPS) is 12.4. The molecule has 0 atom stereocenters. The van der Waals surface area contributed by atoms with Crippen LogP contribution in [0, 0.1) is 0 Å². The molecule has 4 aromatic rings. The molecular formula is C27H29N. The molecule has 1 heterocycles. The zero-order chi connectivity index (χ0) is 19.7. The minimum atomic E-state index is 0.279. The average Bonchev–Trinajstić information content (AvgIpc) is 3.04. The molecule has 1 heteroatoms. The third-order valence-corrected chi connectivity index (χ3v) is 6.57. The first kappa shape index (κ1) is 18.6. The minimum Gasteiger partial charge on any atom is -0.344 e. The Balaban J connectivity index is 1.65. The predicted octanol–water partition coefficient (Wildman–Crippen LogP) is 7.58. The number of para-hydroxylation sites is 1. The number of hydrogen-bond donors (Lipinski definition) is 0. The fourth-order valence-electron chi connectivity index (χ4n) is 4.14. The van der Waals surface area contributed by atoms with Crippen LogP contribution >= 0.6 is 0 Å². The topological polar surface area (TPSA) is 4.93 Å². The molecular weight excluding hydrogens is 338 g/mol. The van der Waals surface area contributed by atoms with Crippen molar-refractivity contribution in [2.24, 2.45) is 7.05 Å². The lowest BCUT2D eigenvalue weighted by molar-refractivity contribution is 0.439. The number of benzene rings is 3. The molecule has 0 aliphatic rings. The van der Waals surface area contributed by atoms with E-state index in [1.165, 1.54) is 51.3 Å². The maximum atomic E-state index is 2.36. The molecule has 1 nitrogen and oxygen atoms in total. The van der Waals surface area contributed by atoms with Crippen LogP contribution in [-0.4, -0.2) is 4.57 Å². The molecule has 1 aromatic heterocycles. The van der Waals surface area contributed by atoms with E-state index < -0.39 is 0 Å². The van der Waals surface area contributed by atoms with E-state index in [1.807, 2.05) is 0 Å². The van der Waals surface area contributed by atoms with Crippen molar-refractivity contribution in [2.75, 3.05) is 0 Å². The molecule has 0 fully saturated rings. The Bertz CT molecular complexity index is 1140. The molecule has 0 radical (unpaired) electrons. The van der Waals surface area contributed by atoms with Crippen molar-refractivity contribution < 1.29 is 0 Å². The van der Waals surface area contributed by atoms with Crippen molar-refractivity contribution in [3.05, 3.63) is 83.4 Å². The minimum absolute atomic E-state index is 0.279. The predicted molar refractivity (Wildman–Crippen MR) is 124 cm³/mol. The third kappa shape index (κ3) is 3.16. The molecule has 142 valence electrons. The van der Waals surface area contributed by atoms with Gasteiger partial charge in [0.05, 0.1) is 0 Å². The van der Waals surface area contributed by atoms with Gasteiger partial charge >= 0.3 is 0 Å². The first-order valence-electron chi connectivity index (χ1n) is 10.3. The van der Waals surface area contributed by atoms with Crippen LogP contribution in [0.4, 0.5) is 0 Å². The van der Waals surface area contributed by atoms with Crippen molar-refractivity contribution in [1.29, 1.82) is 0 Å². The largest absolute Gasteiger partial charge is 0.344 e. The number of aryl methyl sites for hydroxylation is 1. The van der Waals surface area contributed by atoms with Crippen LogP contribution in [0.3, 0.4) is 0 Å². The Morgan fingerprint density at radius 3 is 2.07 bits per heavy atom. The summed E-state index contributed by atoms with van der Waals surface area (Å²) in [6.07, 6.45) is 6.77. The van der Waals surface area contributed by atoms with Gasteiger partial charge in [-0.3, -0.25) is 0 Å². The van der Waals surface area contributed by atoms with Crippen LogP contribution in [0.25, 0.3) is 34.0 Å². The van der Waals surface area contributed by atoms with E-state index in [2.05, 4.69) is 111 Å². The zero-order valence-corrected chi connectivity index (χ0v) is 17.4. The standard InChI is InChI=1S/C27H29N/c1-5-27(3,6-2)22-16-13-20(14-17-22)11-12-21-15-18-26-24(19-21)23-9-7-8-10-25(23)28(26)4/h7-19H,5-6H2,1-4H3. The van der Waals surface area contributed by atoms with Gasteiger partial charge in [-0.2, -0.15) is 0 Å². The number of rotatable bonds is 5. The van der Waals surface area contributed by atoms with Gasteiger partial charge in [0.15, 0.2) is 0 Å². The molecule has 0 aliphatic carbocycles. The Morgan fingerprint density at radius 1 is 0.750 bits per heavy atom. The summed E-state index contributed by atoms with van der Waals surface area (Å²) in [4.78, 5) is 0. The fraction of sp³-hybridized carbons (Fsp3) is 0.259. The van der Waals surface area contributed by atoms with Crippen LogP contribution in [0.1, 0.15) is 50.3 Å². The second-order valence-corrected chi connectivity index (χ2v) is 8.08. The van der Waals surface area contributed by atoms with E-state index in [9.17, 15) is 0 Å². The van der Waals surface area contributed by atoms with E-state index in [0.717, 1.165) is 0 Å². The smallest absolute Gasteiger partial charge is 0.0489 e. The summed E-state index contributed by atoms with van der Waals surface area (Å²) in [5.41, 5.74) is 6.76. The molecule has 28 heavy (non-hydrogen) atoms. The van der Waals surface area contributed by atoms with Crippen molar-refractivity contribution >= 4 is 34.0 Å². The summed E-state index contributed by atoms with van der Waals surface area (Å²) in [5, 5.41) is 2.63. The Hall–Kier alpha value is -2.80. The monoisotopic (exact) mass is 367 g/mol. The van der Waals surface area contributed by atoms with Gasteiger partial charge in [0.2, 0.25) is 0 Å². The highest BCUT2D eigenvalue weighted by Gasteiger charge is 2.21. The number of aromatic nitrogens is 1. The number of fused-ring (bicyclic) bond motifs is 3. The Morgan fingerprint density at radius 2 is 1.36 bits per heavy atom. The fourth-order valence-corrected chi connectivity index (χ4v) is 4.14.